The molecule has 0 unspecified atom stereocenters. The molecule has 4 aromatic rings. The molecule has 1 heterocycles. The molecule has 0 fully saturated rings. The number of fused-ring (bicyclic) bond motifs is 1. The maximum atomic E-state index is 12.7. The van der Waals surface area contributed by atoms with Gasteiger partial charge in [-0.3, -0.25) is 4.79 Å². The Morgan fingerprint density at radius 2 is 1.68 bits per heavy atom. The summed E-state index contributed by atoms with van der Waals surface area (Å²) < 4.78 is 17.2. The average Bonchev–Trinajstić information content (AvgIpc) is 3.23. The van der Waals surface area contributed by atoms with Crippen LogP contribution >= 0.6 is 11.3 Å². The molecule has 0 aliphatic rings. The highest BCUT2D eigenvalue weighted by atomic mass is 32.1. The van der Waals surface area contributed by atoms with E-state index in [0.717, 1.165) is 26.4 Å². The topological polar surface area (TPSA) is 69.7 Å². The van der Waals surface area contributed by atoms with E-state index in [0.29, 0.717) is 22.9 Å². The van der Waals surface area contributed by atoms with Gasteiger partial charge in [0.25, 0.3) is 0 Å². The van der Waals surface area contributed by atoms with Crippen LogP contribution in [0, 0.1) is 0 Å². The number of para-hydroxylation sites is 1. The van der Waals surface area contributed by atoms with Crippen molar-refractivity contribution in [1.29, 1.82) is 0 Å². The number of carbonyl (C=O) groups is 1. The largest absolute Gasteiger partial charge is 0.493 e. The Kier molecular flexibility index (Phi) is 6.04. The Bertz CT molecular complexity index is 1180. The monoisotopic (exact) mass is 434 g/mol. The molecule has 3 aromatic carbocycles. The number of carbonyl (C=O) groups excluding carboxylic acids is 1. The molecule has 0 saturated heterocycles. The third-order valence-corrected chi connectivity index (χ3v) is 5.86. The van der Waals surface area contributed by atoms with E-state index < -0.39 is 0 Å². The molecule has 1 aromatic heterocycles. The van der Waals surface area contributed by atoms with Gasteiger partial charge >= 0.3 is 0 Å². The van der Waals surface area contributed by atoms with Crippen molar-refractivity contribution >= 4 is 33.1 Å². The van der Waals surface area contributed by atoms with Crippen LogP contribution < -0.4 is 19.5 Å². The van der Waals surface area contributed by atoms with Crippen molar-refractivity contribution in [2.45, 2.75) is 6.42 Å². The minimum atomic E-state index is -0.143. The van der Waals surface area contributed by atoms with Crippen LogP contribution in [0.2, 0.25) is 0 Å². The van der Waals surface area contributed by atoms with Crippen molar-refractivity contribution < 1.29 is 19.0 Å². The maximum Gasteiger partial charge on any atom is 0.228 e. The second kappa shape index (κ2) is 9.06. The van der Waals surface area contributed by atoms with Crippen LogP contribution in [0.4, 0.5) is 5.69 Å². The normalized spacial score (nSPS) is 10.7. The SMILES string of the molecule is COc1cc(CC(=O)Nc2cccc(-c3nc4ccccc4s3)c2)cc(OC)c1OC. The lowest BCUT2D eigenvalue weighted by molar-refractivity contribution is -0.115. The van der Waals surface area contributed by atoms with Crippen LogP contribution in [0.3, 0.4) is 0 Å². The van der Waals surface area contributed by atoms with Gasteiger partial charge in [0.2, 0.25) is 11.7 Å². The van der Waals surface area contributed by atoms with Gasteiger partial charge in [-0.25, -0.2) is 4.98 Å². The Hall–Kier alpha value is -3.58. The van der Waals surface area contributed by atoms with Gasteiger partial charge in [-0.1, -0.05) is 24.3 Å². The van der Waals surface area contributed by atoms with E-state index in [9.17, 15) is 4.79 Å². The van der Waals surface area contributed by atoms with Crippen molar-refractivity contribution in [2.24, 2.45) is 0 Å². The van der Waals surface area contributed by atoms with Crippen molar-refractivity contribution in [2.75, 3.05) is 26.6 Å². The number of amides is 1. The Morgan fingerprint density at radius 3 is 2.35 bits per heavy atom. The minimum Gasteiger partial charge on any atom is -0.493 e. The average molecular weight is 435 g/mol. The second-order valence-electron chi connectivity index (χ2n) is 6.83. The first-order chi connectivity index (χ1) is 15.1. The fourth-order valence-electron chi connectivity index (χ4n) is 3.35. The Morgan fingerprint density at radius 1 is 0.935 bits per heavy atom. The number of anilines is 1. The lowest BCUT2D eigenvalue weighted by Crippen LogP contribution is -2.14. The highest BCUT2D eigenvalue weighted by Gasteiger charge is 2.15. The van der Waals surface area contributed by atoms with Gasteiger partial charge in [0.15, 0.2) is 11.5 Å². The fourth-order valence-corrected chi connectivity index (χ4v) is 4.32. The van der Waals surface area contributed by atoms with Gasteiger partial charge in [0, 0.05) is 11.3 Å². The van der Waals surface area contributed by atoms with Crippen molar-refractivity contribution in [1.82, 2.24) is 4.98 Å². The molecule has 0 aliphatic heterocycles. The quantitative estimate of drug-likeness (QED) is 0.435. The Labute approximate surface area is 184 Å². The highest BCUT2D eigenvalue weighted by Crippen LogP contribution is 2.38. The smallest absolute Gasteiger partial charge is 0.228 e. The highest BCUT2D eigenvalue weighted by molar-refractivity contribution is 7.21. The van der Waals surface area contributed by atoms with E-state index in [1.807, 2.05) is 42.5 Å². The number of aromatic nitrogens is 1. The lowest BCUT2D eigenvalue weighted by atomic mass is 10.1. The molecule has 0 saturated carbocycles. The van der Waals surface area contributed by atoms with Crippen LogP contribution in [0.5, 0.6) is 17.2 Å². The molecule has 0 aliphatic carbocycles. The van der Waals surface area contributed by atoms with Crippen molar-refractivity contribution in [3.8, 4) is 27.8 Å². The molecular weight excluding hydrogens is 412 g/mol. The molecule has 1 amide bonds. The first-order valence-electron chi connectivity index (χ1n) is 9.66. The standard InChI is InChI=1S/C24H22N2O4S/c1-28-19-11-15(12-20(29-2)23(19)30-3)13-22(27)25-17-8-6-7-16(14-17)24-26-18-9-4-5-10-21(18)31-24/h4-12,14H,13H2,1-3H3,(H,25,27). The summed E-state index contributed by atoms with van der Waals surface area (Å²) in [4.78, 5) is 17.4. The Balaban J connectivity index is 1.52. The summed E-state index contributed by atoms with van der Waals surface area (Å²) in [5.41, 5.74) is 3.41. The lowest BCUT2D eigenvalue weighted by Gasteiger charge is -2.14. The summed E-state index contributed by atoms with van der Waals surface area (Å²) in [6.45, 7) is 0. The summed E-state index contributed by atoms with van der Waals surface area (Å²) in [6, 6.07) is 19.3. The molecule has 0 radical (unpaired) electrons. The van der Waals surface area contributed by atoms with E-state index in [1.54, 1.807) is 44.8 Å². The predicted octanol–water partition coefficient (Wildman–Crippen LogP) is 5.17. The summed E-state index contributed by atoms with van der Waals surface area (Å²) >= 11 is 1.63. The van der Waals surface area contributed by atoms with Gasteiger partial charge in [-0.15, -0.1) is 11.3 Å². The predicted molar refractivity (Wildman–Crippen MR) is 123 cm³/mol. The van der Waals surface area contributed by atoms with E-state index in [4.69, 9.17) is 19.2 Å². The zero-order valence-electron chi connectivity index (χ0n) is 17.5. The van der Waals surface area contributed by atoms with Crippen LogP contribution in [0.25, 0.3) is 20.8 Å². The van der Waals surface area contributed by atoms with Gasteiger partial charge < -0.3 is 19.5 Å². The molecule has 0 spiro atoms. The van der Waals surface area contributed by atoms with Gasteiger partial charge in [-0.2, -0.15) is 0 Å². The van der Waals surface area contributed by atoms with Crippen LogP contribution in [0.1, 0.15) is 5.56 Å². The summed E-state index contributed by atoms with van der Waals surface area (Å²) in [5.74, 6) is 1.39. The van der Waals surface area contributed by atoms with Crippen LogP contribution in [0.15, 0.2) is 60.7 Å². The number of hydrogen-bond donors (Lipinski definition) is 1. The molecule has 0 atom stereocenters. The van der Waals surface area contributed by atoms with Gasteiger partial charge in [0.05, 0.1) is 38.0 Å². The third kappa shape index (κ3) is 4.46. The van der Waals surface area contributed by atoms with E-state index in [1.165, 1.54) is 0 Å². The van der Waals surface area contributed by atoms with E-state index >= 15 is 0 Å². The van der Waals surface area contributed by atoms with Crippen molar-refractivity contribution in [3.05, 3.63) is 66.2 Å². The molecule has 7 heteroatoms. The third-order valence-electron chi connectivity index (χ3n) is 4.78. The van der Waals surface area contributed by atoms with Crippen molar-refractivity contribution in [3.63, 3.8) is 0 Å². The van der Waals surface area contributed by atoms with Gasteiger partial charge in [0.1, 0.15) is 5.01 Å². The zero-order valence-corrected chi connectivity index (χ0v) is 18.3. The zero-order chi connectivity index (χ0) is 21.8. The molecule has 158 valence electrons. The minimum absolute atomic E-state index is 0.143. The first kappa shape index (κ1) is 20.7. The van der Waals surface area contributed by atoms with Gasteiger partial charge in [-0.05, 0) is 42.0 Å². The number of nitrogens with one attached hydrogen (secondary N) is 1. The fraction of sp³-hybridized carbons (Fsp3) is 0.167. The number of rotatable bonds is 7. The number of benzene rings is 3. The summed E-state index contributed by atoms with van der Waals surface area (Å²) in [6.07, 6.45) is 0.169. The van der Waals surface area contributed by atoms with Crippen LogP contribution in [-0.4, -0.2) is 32.2 Å². The number of ether oxygens (including phenoxy) is 3. The molecule has 31 heavy (non-hydrogen) atoms. The summed E-state index contributed by atoms with van der Waals surface area (Å²) in [5, 5.41) is 3.88. The van der Waals surface area contributed by atoms with E-state index in [2.05, 4.69) is 11.4 Å². The number of nitrogens with zero attached hydrogens (tertiary/aromatic N) is 1. The molecule has 0 bridgehead atoms. The van der Waals surface area contributed by atoms with E-state index in [-0.39, 0.29) is 12.3 Å². The molecular formula is C24H22N2O4S. The maximum absolute atomic E-state index is 12.7. The number of methoxy groups -OCH3 is 3. The number of thiazole rings is 1. The molecule has 1 N–H and O–H groups in total. The number of hydrogen-bond acceptors (Lipinski definition) is 6. The molecule has 4 rings (SSSR count). The summed E-state index contributed by atoms with van der Waals surface area (Å²) in [7, 11) is 4.65. The second-order valence-corrected chi connectivity index (χ2v) is 7.86. The first-order valence-corrected chi connectivity index (χ1v) is 10.5. The van der Waals surface area contributed by atoms with Crippen LogP contribution in [-0.2, 0) is 11.2 Å². The molecule has 6 nitrogen and oxygen atoms in total.